The molecule has 0 saturated carbocycles. The van der Waals surface area contributed by atoms with E-state index in [-0.39, 0.29) is 30.7 Å². The van der Waals surface area contributed by atoms with Gasteiger partial charge in [-0.2, -0.15) is 0 Å². The molecule has 0 aliphatic carbocycles. The lowest BCUT2D eigenvalue weighted by Crippen LogP contribution is -2.50. The predicted molar refractivity (Wildman–Crippen MR) is 113 cm³/mol. The van der Waals surface area contributed by atoms with Crippen LogP contribution < -0.4 is 0 Å². The first-order valence-corrected chi connectivity index (χ1v) is 10.6. The first-order chi connectivity index (χ1) is 13.8. The average molecular weight is 433 g/mol. The van der Waals surface area contributed by atoms with Gasteiger partial charge in [0.15, 0.2) is 0 Å². The molecule has 0 saturated heterocycles. The fourth-order valence-corrected chi connectivity index (χ4v) is 3.35. The second kappa shape index (κ2) is 14.0. The van der Waals surface area contributed by atoms with Crippen LogP contribution in [0.15, 0.2) is 0 Å². The van der Waals surface area contributed by atoms with Gasteiger partial charge in [-0.05, 0) is 38.0 Å². The van der Waals surface area contributed by atoms with Crippen molar-refractivity contribution in [2.45, 2.75) is 81.1 Å². The summed E-state index contributed by atoms with van der Waals surface area (Å²) >= 11 is 0. The van der Waals surface area contributed by atoms with Crippen molar-refractivity contribution in [1.82, 2.24) is 0 Å². The van der Waals surface area contributed by atoms with Gasteiger partial charge in [0, 0.05) is 0 Å². The highest BCUT2D eigenvalue weighted by Crippen LogP contribution is 2.49. The van der Waals surface area contributed by atoms with Gasteiger partial charge in [-0.25, -0.2) is 0 Å². The van der Waals surface area contributed by atoms with Gasteiger partial charge in [0.05, 0.1) is 37.4 Å². The lowest BCUT2D eigenvalue weighted by molar-refractivity contribution is -0.172. The Morgan fingerprint density at radius 1 is 0.800 bits per heavy atom. The highest BCUT2D eigenvalue weighted by Gasteiger charge is 2.54. The summed E-state index contributed by atoms with van der Waals surface area (Å²) in [6.07, 6.45) is 0.858. The quantitative estimate of drug-likeness (QED) is 0.440. The summed E-state index contributed by atoms with van der Waals surface area (Å²) in [6, 6.07) is 0. The van der Waals surface area contributed by atoms with Crippen molar-refractivity contribution in [3.8, 4) is 0 Å². The van der Waals surface area contributed by atoms with E-state index in [1.807, 2.05) is 27.7 Å². The molecular formula is C22H40O8. The standard InChI is InChI=1S/C14H26O4.C8H14O4/c1-7-14(8-2,12(17)18)10(11(15)16)13(5,6)9(3)4;1-3-11-7(9)5-6-8(10)12-4-2/h9-10H,7-8H2,1-6H3,(H,15,16)(H,17,18);3-6H2,1-2H3. The molecule has 0 spiro atoms. The molecule has 8 nitrogen and oxygen atoms in total. The normalized spacial score (nSPS) is 12.4. The monoisotopic (exact) mass is 432 g/mol. The minimum Gasteiger partial charge on any atom is -0.481 e. The third-order valence-electron chi connectivity index (χ3n) is 5.86. The summed E-state index contributed by atoms with van der Waals surface area (Å²) < 4.78 is 9.25. The molecule has 0 rings (SSSR count). The summed E-state index contributed by atoms with van der Waals surface area (Å²) in [5, 5.41) is 19.1. The molecular weight excluding hydrogens is 392 g/mol. The van der Waals surface area contributed by atoms with Gasteiger partial charge in [-0.1, -0.05) is 41.5 Å². The Bertz CT molecular complexity index is 543. The van der Waals surface area contributed by atoms with E-state index in [0.717, 1.165) is 0 Å². The van der Waals surface area contributed by atoms with Crippen LogP contribution in [0.25, 0.3) is 0 Å². The van der Waals surface area contributed by atoms with Crippen LogP contribution >= 0.6 is 0 Å². The van der Waals surface area contributed by atoms with E-state index in [9.17, 15) is 29.4 Å². The van der Waals surface area contributed by atoms with Crippen LogP contribution in [0, 0.1) is 22.7 Å². The van der Waals surface area contributed by atoms with E-state index in [2.05, 4.69) is 9.47 Å². The minimum absolute atomic E-state index is 0.0930. The van der Waals surface area contributed by atoms with Crippen LogP contribution in [0.3, 0.4) is 0 Å². The predicted octanol–water partition coefficient (Wildman–Crippen LogP) is 4.15. The minimum atomic E-state index is -1.19. The third-order valence-corrected chi connectivity index (χ3v) is 5.86. The fourth-order valence-electron chi connectivity index (χ4n) is 3.35. The number of hydrogen-bond acceptors (Lipinski definition) is 6. The van der Waals surface area contributed by atoms with Crippen molar-refractivity contribution in [1.29, 1.82) is 0 Å². The van der Waals surface area contributed by atoms with Crippen molar-refractivity contribution < 1.29 is 38.9 Å². The zero-order valence-corrected chi connectivity index (χ0v) is 19.7. The Morgan fingerprint density at radius 3 is 1.37 bits per heavy atom. The fraction of sp³-hybridized carbons (Fsp3) is 0.818. The van der Waals surface area contributed by atoms with Crippen LogP contribution in [0.2, 0.25) is 0 Å². The number of aliphatic carboxylic acids is 2. The van der Waals surface area contributed by atoms with Crippen molar-refractivity contribution >= 4 is 23.9 Å². The number of carbonyl (C=O) groups excluding carboxylic acids is 2. The smallest absolute Gasteiger partial charge is 0.310 e. The van der Waals surface area contributed by atoms with Gasteiger partial charge in [0.25, 0.3) is 0 Å². The first-order valence-electron chi connectivity index (χ1n) is 10.6. The SMILES string of the molecule is CCC(CC)(C(=O)O)C(C(=O)O)C(C)(C)C(C)C.CCOC(=O)CCC(=O)OCC. The lowest BCUT2D eigenvalue weighted by Gasteiger charge is -2.44. The zero-order chi connectivity index (χ0) is 24.1. The topological polar surface area (TPSA) is 127 Å². The third kappa shape index (κ3) is 8.71. The van der Waals surface area contributed by atoms with Gasteiger partial charge in [-0.3, -0.25) is 19.2 Å². The number of esters is 2. The number of rotatable bonds is 12. The van der Waals surface area contributed by atoms with Crippen LogP contribution in [-0.4, -0.2) is 47.3 Å². The lowest BCUT2D eigenvalue weighted by atomic mass is 9.57. The largest absolute Gasteiger partial charge is 0.481 e. The van der Waals surface area contributed by atoms with Crippen molar-refractivity contribution in [2.75, 3.05) is 13.2 Å². The maximum absolute atomic E-state index is 11.7. The van der Waals surface area contributed by atoms with E-state index in [1.165, 1.54) is 0 Å². The van der Waals surface area contributed by atoms with Crippen molar-refractivity contribution in [3.05, 3.63) is 0 Å². The molecule has 0 aliphatic heterocycles. The van der Waals surface area contributed by atoms with Crippen LogP contribution in [0.4, 0.5) is 0 Å². The maximum atomic E-state index is 11.7. The highest BCUT2D eigenvalue weighted by atomic mass is 16.5. The second-order valence-corrected chi connectivity index (χ2v) is 8.03. The molecule has 0 aromatic rings. The molecule has 1 unspecified atom stereocenters. The van der Waals surface area contributed by atoms with E-state index in [1.54, 1.807) is 27.7 Å². The van der Waals surface area contributed by atoms with E-state index >= 15 is 0 Å². The summed E-state index contributed by atoms with van der Waals surface area (Å²) in [5.41, 5.74) is -1.77. The van der Waals surface area contributed by atoms with Gasteiger partial charge in [0.1, 0.15) is 0 Å². The molecule has 2 N–H and O–H groups in total. The summed E-state index contributed by atoms with van der Waals surface area (Å²) in [7, 11) is 0. The van der Waals surface area contributed by atoms with Crippen LogP contribution in [0.1, 0.15) is 81.1 Å². The summed E-state index contributed by atoms with van der Waals surface area (Å²) in [4.78, 5) is 44.7. The summed E-state index contributed by atoms with van der Waals surface area (Å²) in [5.74, 6) is -3.53. The Morgan fingerprint density at radius 2 is 1.17 bits per heavy atom. The van der Waals surface area contributed by atoms with Crippen LogP contribution in [0.5, 0.6) is 0 Å². The molecule has 0 fully saturated rings. The number of carboxylic acids is 2. The Labute approximate surface area is 180 Å². The molecule has 176 valence electrons. The molecule has 0 amide bonds. The maximum Gasteiger partial charge on any atom is 0.310 e. The van der Waals surface area contributed by atoms with Gasteiger partial charge < -0.3 is 19.7 Å². The number of carboxylic acid groups (broad SMARTS) is 2. The number of carbonyl (C=O) groups is 4. The van der Waals surface area contributed by atoms with Crippen LogP contribution in [-0.2, 0) is 28.7 Å². The summed E-state index contributed by atoms with van der Waals surface area (Å²) in [6.45, 7) is 15.2. The van der Waals surface area contributed by atoms with Gasteiger partial charge >= 0.3 is 23.9 Å². The Hall–Kier alpha value is -2.12. The van der Waals surface area contributed by atoms with Gasteiger partial charge in [-0.15, -0.1) is 0 Å². The molecule has 0 aromatic carbocycles. The molecule has 1 atom stereocenters. The first kappa shape index (κ1) is 30.1. The average Bonchev–Trinajstić information content (AvgIpc) is 2.64. The molecule has 30 heavy (non-hydrogen) atoms. The molecule has 0 aromatic heterocycles. The molecule has 8 heteroatoms. The second-order valence-electron chi connectivity index (χ2n) is 8.03. The molecule has 0 bridgehead atoms. The molecule has 0 radical (unpaired) electrons. The van der Waals surface area contributed by atoms with E-state index in [0.29, 0.717) is 26.1 Å². The van der Waals surface area contributed by atoms with E-state index in [4.69, 9.17) is 0 Å². The highest BCUT2D eigenvalue weighted by molar-refractivity contribution is 5.84. The molecule has 0 heterocycles. The van der Waals surface area contributed by atoms with Crippen molar-refractivity contribution in [2.24, 2.45) is 22.7 Å². The Balaban J connectivity index is 0. The van der Waals surface area contributed by atoms with Crippen molar-refractivity contribution in [3.63, 3.8) is 0 Å². The number of hydrogen-bond donors (Lipinski definition) is 2. The van der Waals surface area contributed by atoms with Gasteiger partial charge in [0.2, 0.25) is 0 Å². The van der Waals surface area contributed by atoms with E-state index < -0.39 is 28.7 Å². The number of ether oxygens (including phenoxy) is 2. The zero-order valence-electron chi connectivity index (χ0n) is 19.7. The Kier molecular flexibility index (Phi) is 14.0. The molecule has 0 aliphatic rings.